The molecule has 1 saturated heterocycles. The van der Waals surface area contributed by atoms with Crippen LogP contribution in [0.15, 0.2) is 41.4 Å². The highest BCUT2D eigenvalue weighted by Gasteiger charge is 2.38. The molecule has 21 heavy (non-hydrogen) atoms. The van der Waals surface area contributed by atoms with Gasteiger partial charge in [-0.25, -0.2) is 0 Å². The third-order valence-corrected chi connectivity index (χ3v) is 5.04. The van der Waals surface area contributed by atoms with Crippen molar-refractivity contribution in [3.8, 4) is 0 Å². The van der Waals surface area contributed by atoms with Crippen LogP contribution in [-0.4, -0.2) is 36.6 Å². The lowest BCUT2D eigenvalue weighted by atomic mass is 9.99. The number of nitrogens with zero attached hydrogens (tertiary/aromatic N) is 1. The molecule has 1 aromatic carbocycles. The summed E-state index contributed by atoms with van der Waals surface area (Å²) in [6, 6.07) is 12.0. The Morgan fingerprint density at radius 3 is 2.76 bits per heavy atom. The maximum atomic E-state index is 5.88. The minimum Gasteiger partial charge on any atom is -0.311 e. The smallest absolute Gasteiger partial charge is 0.0253 e. The zero-order valence-corrected chi connectivity index (χ0v) is 13.5. The lowest BCUT2D eigenvalue weighted by molar-refractivity contribution is 0.125. The summed E-state index contributed by atoms with van der Waals surface area (Å²) in [6.45, 7) is 5.39. The van der Waals surface area contributed by atoms with Crippen LogP contribution in [0, 0.1) is 5.92 Å². The minimum absolute atomic E-state index is 0.547. The van der Waals surface area contributed by atoms with Crippen molar-refractivity contribution in [1.29, 1.82) is 0 Å². The summed E-state index contributed by atoms with van der Waals surface area (Å²) >= 11 is 5.88. The Morgan fingerprint density at radius 1 is 1.33 bits per heavy atom. The van der Waals surface area contributed by atoms with Crippen LogP contribution >= 0.6 is 11.6 Å². The van der Waals surface area contributed by atoms with Crippen LogP contribution in [0.1, 0.15) is 25.3 Å². The van der Waals surface area contributed by atoms with Gasteiger partial charge in [0.25, 0.3) is 0 Å². The molecule has 1 aromatic rings. The number of hydrogen-bond donors (Lipinski definition) is 1. The Bertz CT molecular complexity index is 481. The summed E-state index contributed by atoms with van der Waals surface area (Å²) in [5.74, 6) is 0.901. The highest BCUT2D eigenvalue weighted by molar-refractivity contribution is 6.25. The minimum atomic E-state index is 0.547. The second-order valence-corrected chi connectivity index (χ2v) is 6.80. The third kappa shape index (κ3) is 4.09. The van der Waals surface area contributed by atoms with Crippen molar-refractivity contribution in [2.45, 2.75) is 38.3 Å². The van der Waals surface area contributed by atoms with Crippen molar-refractivity contribution >= 4 is 11.6 Å². The molecular formula is C18H25ClN2. The Hall–Kier alpha value is -0.830. The SMILES string of the molecule is C/C(=C/Cl)CN1CC(Cc2ccccc2)NCC1C1CC1. The molecule has 1 saturated carbocycles. The zero-order chi connectivity index (χ0) is 14.7. The van der Waals surface area contributed by atoms with Crippen LogP contribution in [0.2, 0.25) is 0 Å². The molecule has 0 radical (unpaired) electrons. The van der Waals surface area contributed by atoms with E-state index in [2.05, 4.69) is 47.5 Å². The van der Waals surface area contributed by atoms with Gasteiger partial charge in [-0.2, -0.15) is 0 Å². The van der Waals surface area contributed by atoms with Crippen LogP contribution < -0.4 is 5.32 Å². The van der Waals surface area contributed by atoms with Gasteiger partial charge in [0.15, 0.2) is 0 Å². The number of halogens is 1. The molecule has 2 aliphatic rings. The quantitative estimate of drug-likeness (QED) is 0.896. The van der Waals surface area contributed by atoms with E-state index in [1.807, 2.05) is 0 Å². The molecule has 0 bridgehead atoms. The van der Waals surface area contributed by atoms with Gasteiger partial charge in [0.05, 0.1) is 0 Å². The first-order valence-electron chi connectivity index (χ1n) is 8.03. The van der Waals surface area contributed by atoms with Crippen LogP contribution in [0.5, 0.6) is 0 Å². The molecule has 0 aromatic heterocycles. The highest BCUT2D eigenvalue weighted by Crippen LogP contribution is 2.36. The van der Waals surface area contributed by atoms with Crippen molar-refractivity contribution < 1.29 is 0 Å². The fourth-order valence-corrected chi connectivity index (χ4v) is 3.49. The second kappa shape index (κ2) is 6.95. The topological polar surface area (TPSA) is 15.3 Å². The number of benzene rings is 1. The summed E-state index contributed by atoms with van der Waals surface area (Å²) in [4.78, 5) is 2.65. The van der Waals surface area contributed by atoms with Gasteiger partial charge in [-0.05, 0) is 43.2 Å². The number of piperazine rings is 1. The monoisotopic (exact) mass is 304 g/mol. The summed E-state index contributed by atoms with van der Waals surface area (Å²) in [5.41, 5.74) is 4.42. The van der Waals surface area contributed by atoms with Crippen molar-refractivity contribution in [3.05, 3.63) is 47.0 Å². The maximum absolute atomic E-state index is 5.88. The van der Waals surface area contributed by atoms with Crippen LogP contribution in [-0.2, 0) is 6.42 Å². The van der Waals surface area contributed by atoms with E-state index in [4.69, 9.17) is 11.6 Å². The average molecular weight is 305 g/mol. The summed E-state index contributed by atoms with van der Waals surface area (Å²) in [6.07, 6.45) is 3.91. The first-order valence-corrected chi connectivity index (χ1v) is 8.47. The number of hydrogen-bond acceptors (Lipinski definition) is 2. The molecule has 0 spiro atoms. The molecule has 2 atom stereocenters. The molecule has 1 aliphatic heterocycles. The van der Waals surface area contributed by atoms with Gasteiger partial charge >= 0.3 is 0 Å². The van der Waals surface area contributed by atoms with E-state index >= 15 is 0 Å². The van der Waals surface area contributed by atoms with Crippen molar-refractivity contribution in [1.82, 2.24) is 10.2 Å². The van der Waals surface area contributed by atoms with E-state index in [0.29, 0.717) is 12.1 Å². The molecule has 1 heterocycles. The molecule has 1 aliphatic carbocycles. The maximum Gasteiger partial charge on any atom is 0.0253 e. The Balaban J connectivity index is 1.63. The lowest BCUT2D eigenvalue weighted by Gasteiger charge is -2.41. The summed E-state index contributed by atoms with van der Waals surface area (Å²) in [7, 11) is 0. The number of nitrogens with one attached hydrogen (secondary N) is 1. The summed E-state index contributed by atoms with van der Waals surface area (Å²) < 4.78 is 0. The molecule has 3 rings (SSSR count). The van der Waals surface area contributed by atoms with Crippen LogP contribution in [0.3, 0.4) is 0 Å². The number of rotatable bonds is 5. The predicted octanol–water partition coefficient (Wildman–Crippen LogP) is 3.42. The highest BCUT2D eigenvalue weighted by atomic mass is 35.5. The van der Waals surface area contributed by atoms with Gasteiger partial charge in [-0.15, -0.1) is 0 Å². The van der Waals surface area contributed by atoms with Gasteiger partial charge in [-0.3, -0.25) is 4.90 Å². The van der Waals surface area contributed by atoms with Gasteiger partial charge < -0.3 is 5.32 Å². The Kier molecular flexibility index (Phi) is 4.99. The van der Waals surface area contributed by atoms with Crippen molar-refractivity contribution in [3.63, 3.8) is 0 Å². The van der Waals surface area contributed by atoms with E-state index in [1.54, 1.807) is 5.54 Å². The average Bonchev–Trinajstić information content (AvgIpc) is 3.33. The molecule has 2 nitrogen and oxygen atoms in total. The fourth-order valence-electron chi connectivity index (χ4n) is 3.42. The fraction of sp³-hybridized carbons (Fsp3) is 0.556. The van der Waals surface area contributed by atoms with E-state index in [9.17, 15) is 0 Å². The van der Waals surface area contributed by atoms with E-state index in [0.717, 1.165) is 32.0 Å². The predicted molar refractivity (Wildman–Crippen MR) is 89.6 cm³/mol. The zero-order valence-electron chi connectivity index (χ0n) is 12.8. The Labute approximate surface area is 133 Å². The molecule has 114 valence electrons. The van der Waals surface area contributed by atoms with Gasteiger partial charge in [0.1, 0.15) is 0 Å². The molecule has 0 amide bonds. The van der Waals surface area contributed by atoms with Crippen molar-refractivity contribution in [2.24, 2.45) is 5.92 Å². The van der Waals surface area contributed by atoms with E-state index in [-0.39, 0.29) is 0 Å². The molecule has 3 heteroatoms. The normalized spacial score (nSPS) is 27.8. The van der Waals surface area contributed by atoms with E-state index < -0.39 is 0 Å². The van der Waals surface area contributed by atoms with Crippen LogP contribution in [0.4, 0.5) is 0 Å². The summed E-state index contributed by atoms with van der Waals surface area (Å²) in [5, 5.41) is 3.77. The molecule has 2 unspecified atom stereocenters. The van der Waals surface area contributed by atoms with E-state index in [1.165, 1.54) is 24.0 Å². The van der Waals surface area contributed by atoms with Gasteiger partial charge in [0.2, 0.25) is 0 Å². The lowest BCUT2D eigenvalue weighted by Crippen LogP contribution is -2.58. The molecule has 1 N–H and O–H groups in total. The third-order valence-electron chi connectivity index (χ3n) is 4.67. The largest absolute Gasteiger partial charge is 0.311 e. The molecule has 2 fully saturated rings. The van der Waals surface area contributed by atoms with Gasteiger partial charge in [-0.1, -0.05) is 41.9 Å². The van der Waals surface area contributed by atoms with Crippen LogP contribution in [0.25, 0.3) is 0 Å². The first-order chi connectivity index (χ1) is 10.3. The van der Waals surface area contributed by atoms with Crippen molar-refractivity contribution in [2.75, 3.05) is 19.6 Å². The molecular weight excluding hydrogens is 280 g/mol. The first kappa shape index (κ1) is 15.1. The second-order valence-electron chi connectivity index (χ2n) is 6.58. The Morgan fingerprint density at radius 2 is 2.10 bits per heavy atom. The standard InChI is InChI=1S/C18H25ClN2/c1-14(10-19)12-21-13-17(9-15-5-3-2-4-6-15)20-11-18(21)16-7-8-16/h2-6,10,16-18,20H,7-9,11-13H2,1H3/b14-10-. The van der Waals surface area contributed by atoms with Gasteiger partial charge in [0, 0.05) is 37.3 Å².